The Hall–Kier alpha value is -1.73. The highest BCUT2D eigenvalue weighted by atomic mass is 32.1. The van der Waals surface area contributed by atoms with Gasteiger partial charge in [0.1, 0.15) is 6.33 Å². The summed E-state index contributed by atoms with van der Waals surface area (Å²) in [4.78, 5) is 9.82. The number of hydrogen-bond acceptors (Lipinski definition) is 5. The summed E-state index contributed by atoms with van der Waals surface area (Å²) in [6.45, 7) is 5.57. The lowest BCUT2D eigenvalue weighted by atomic mass is 10.4. The van der Waals surface area contributed by atoms with Gasteiger partial charge in [0.15, 0.2) is 10.8 Å². The normalized spacial score (nSPS) is 11.7. The van der Waals surface area contributed by atoms with E-state index in [0.29, 0.717) is 19.1 Å². The van der Waals surface area contributed by atoms with E-state index in [1.807, 2.05) is 26.9 Å². The predicted octanol–water partition coefficient (Wildman–Crippen LogP) is 1.53. The molecule has 3 heterocycles. The zero-order valence-electron chi connectivity index (χ0n) is 10.9. The summed E-state index contributed by atoms with van der Waals surface area (Å²) in [5.41, 5.74) is 1.00. The van der Waals surface area contributed by atoms with Crippen LogP contribution in [0.2, 0.25) is 0 Å². The Morgan fingerprint density at radius 3 is 3.11 bits per heavy atom. The van der Waals surface area contributed by atoms with Crippen molar-refractivity contribution in [2.75, 3.05) is 0 Å². The predicted molar refractivity (Wildman–Crippen MR) is 74.2 cm³/mol. The molecule has 0 atom stereocenters. The molecule has 3 aromatic heterocycles. The van der Waals surface area contributed by atoms with Gasteiger partial charge in [0.05, 0.1) is 18.8 Å². The zero-order valence-corrected chi connectivity index (χ0v) is 11.8. The molecule has 0 aliphatic heterocycles. The Bertz CT molecular complexity index is 636. The highest BCUT2D eigenvalue weighted by Gasteiger charge is 2.06. The molecule has 19 heavy (non-hydrogen) atoms. The van der Waals surface area contributed by atoms with Gasteiger partial charge in [-0.3, -0.25) is 4.40 Å². The highest BCUT2D eigenvalue weighted by Crippen LogP contribution is 2.11. The first kappa shape index (κ1) is 12.3. The van der Waals surface area contributed by atoms with E-state index >= 15 is 0 Å². The molecule has 0 radical (unpaired) electrons. The number of imidazole rings is 1. The van der Waals surface area contributed by atoms with Crippen molar-refractivity contribution in [3.63, 3.8) is 0 Å². The second kappa shape index (κ2) is 5.10. The molecule has 3 aromatic rings. The SMILES string of the molecule is CC(C)NCc1ncn(Cc2cn3ccsc3n2)n1. The van der Waals surface area contributed by atoms with E-state index in [1.165, 1.54) is 0 Å². The number of nitrogens with one attached hydrogen (secondary N) is 1. The molecule has 6 nitrogen and oxygen atoms in total. The van der Waals surface area contributed by atoms with Crippen LogP contribution in [0.1, 0.15) is 25.4 Å². The van der Waals surface area contributed by atoms with Crippen molar-refractivity contribution in [1.29, 1.82) is 0 Å². The average molecular weight is 276 g/mol. The van der Waals surface area contributed by atoms with Crippen LogP contribution in [0.4, 0.5) is 0 Å². The molecule has 0 bridgehead atoms. The lowest BCUT2D eigenvalue weighted by molar-refractivity contribution is 0.564. The van der Waals surface area contributed by atoms with Crippen molar-refractivity contribution in [3.8, 4) is 0 Å². The van der Waals surface area contributed by atoms with Gasteiger partial charge in [-0.05, 0) is 0 Å². The fourth-order valence-electron chi connectivity index (χ4n) is 1.80. The van der Waals surface area contributed by atoms with Crippen LogP contribution < -0.4 is 5.32 Å². The van der Waals surface area contributed by atoms with Crippen molar-refractivity contribution in [2.45, 2.75) is 33.0 Å². The van der Waals surface area contributed by atoms with Gasteiger partial charge in [0, 0.05) is 23.8 Å². The Morgan fingerprint density at radius 1 is 1.42 bits per heavy atom. The van der Waals surface area contributed by atoms with Gasteiger partial charge < -0.3 is 5.32 Å². The Labute approximate surface area is 115 Å². The van der Waals surface area contributed by atoms with E-state index in [0.717, 1.165) is 16.5 Å². The number of rotatable bonds is 5. The Morgan fingerprint density at radius 2 is 2.32 bits per heavy atom. The molecule has 0 fully saturated rings. The molecule has 0 saturated carbocycles. The van der Waals surface area contributed by atoms with Crippen LogP contribution in [0, 0.1) is 0 Å². The average Bonchev–Trinajstić information content (AvgIpc) is 3.02. The summed E-state index contributed by atoms with van der Waals surface area (Å²) in [6.07, 6.45) is 5.79. The fourth-order valence-corrected chi connectivity index (χ4v) is 2.52. The van der Waals surface area contributed by atoms with Crippen molar-refractivity contribution in [1.82, 2.24) is 29.5 Å². The summed E-state index contributed by atoms with van der Waals surface area (Å²) in [7, 11) is 0. The molecule has 3 rings (SSSR count). The van der Waals surface area contributed by atoms with Crippen molar-refractivity contribution < 1.29 is 0 Å². The number of hydrogen-bond donors (Lipinski definition) is 1. The lowest BCUT2D eigenvalue weighted by Gasteiger charge is -2.03. The third kappa shape index (κ3) is 2.82. The molecular formula is C12H16N6S. The van der Waals surface area contributed by atoms with E-state index in [-0.39, 0.29) is 0 Å². The second-order valence-corrected chi connectivity index (χ2v) is 5.59. The molecule has 7 heteroatoms. The first-order valence-corrected chi connectivity index (χ1v) is 7.11. The van der Waals surface area contributed by atoms with Gasteiger partial charge in [-0.2, -0.15) is 5.10 Å². The third-order valence-corrected chi connectivity index (χ3v) is 3.49. The minimum absolute atomic E-state index is 0.437. The fraction of sp³-hybridized carbons (Fsp3) is 0.417. The Kier molecular flexibility index (Phi) is 3.31. The van der Waals surface area contributed by atoms with Crippen LogP contribution in [0.5, 0.6) is 0 Å². The number of thiazole rings is 1. The Balaban J connectivity index is 1.68. The van der Waals surface area contributed by atoms with Crippen LogP contribution >= 0.6 is 11.3 Å². The molecule has 0 aliphatic carbocycles. The summed E-state index contributed by atoms with van der Waals surface area (Å²) in [5, 5.41) is 9.75. The van der Waals surface area contributed by atoms with Crippen molar-refractivity contribution >= 4 is 16.3 Å². The van der Waals surface area contributed by atoms with E-state index in [2.05, 4.69) is 34.2 Å². The molecule has 0 aliphatic rings. The van der Waals surface area contributed by atoms with E-state index in [9.17, 15) is 0 Å². The topological polar surface area (TPSA) is 60.0 Å². The van der Waals surface area contributed by atoms with E-state index in [1.54, 1.807) is 17.7 Å². The van der Waals surface area contributed by atoms with Crippen LogP contribution in [0.25, 0.3) is 4.96 Å². The van der Waals surface area contributed by atoms with Crippen LogP contribution in [-0.4, -0.2) is 30.2 Å². The second-order valence-electron chi connectivity index (χ2n) is 4.72. The van der Waals surface area contributed by atoms with Gasteiger partial charge in [-0.15, -0.1) is 11.3 Å². The van der Waals surface area contributed by atoms with Gasteiger partial charge in [-0.1, -0.05) is 13.8 Å². The third-order valence-electron chi connectivity index (χ3n) is 2.72. The minimum Gasteiger partial charge on any atom is -0.308 e. The first-order chi connectivity index (χ1) is 9.20. The van der Waals surface area contributed by atoms with Crippen LogP contribution in [0.3, 0.4) is 0 Å². The van der Waals surface area contributed by atoms with Crippen LogP contribution in [0.15, 0.2) is 24.1 Å². The summed E-state index contributed by atoms with van der Waals surface area (Å²) >= 11 is 1.63. The maximum atomic E-state index is 4.53. The van der Waals surface area contributed by atoms with E-state index < -0.39 is 0 Å². The monoisotopic (exact) mass is 276 g/mol. The maximum absolute atomic E-state index is 4.53. The molecule has 0 saturated heterocycles. The summed E-state index contributed by atoms with van der Waals surface area (Å²) in [6, 6.07) is 0.437. The number of nitrogens with zero attached hydrogens (tertiary/aromatic N) is 5. The van der Waals surface area contributed by atoms with Crippen molar-refractivity contribution in [3.05, 3.63) is 35.6 Å². The van der Waals surface area contributed by atoms with Gasteiger partial charge in [-0.25, -0.2) is 14.6 Å². The van der Waals surface area contributed by atoms with Crippen LogP contribution in [-0.2, 0) is 13.1 Å². The minimum atomic E-state index is 0.437. The van der Waals surface area contributed by atoms with Crippen molar-refractivity contribution in [2.24, 2.45) is 0 Å². The molecular weight excluding hydrogens is 260 g/mol. The molecule has 1 N–H and O–H groups in total. The molecule has 0 unspecified atom stereocenters. The zero-order chi connectivity index (χ0) is 13.2. The molecule has 0 aromatic carbocycles. The standard InChI is InChI=1S/C12H16N6S/c1-9(2)13-5-11-14-8-18(16-11)7-10-6-17-3-4-19-12(17)15-10/h3-4,6,8-9,13H,5,7H2,1-2H3. The smallest absolute Gasteiger partial charge is 0.193 e. The van der Waals surface area contributed by atoms with Gasteiger partial charge in [0.2, 0.25) is 0 Å². The highest BCUT2D eigenvalue weighted by molar-refractivity contribution is 7.15. The maximum Gasteiger partial charge on any atom is 0.193 e. The summed E-state index contributed by atoms with van der Waals surface area (Å²) in [5.74, 6) is 0.815. The van der Waals surface area contributed by atoms with Gasteiger partial charge >= 0.3 is 0 Å². The molecule has 100 valence electrons. The van der Waals surface area contributed by atoms with E-state index in [4.69, 9.17) is 0 Å². The molecule has 0 amide bonds. The quantitative estimate of drug-likeness (QED) is 0.768. The summed E-state index contributed by atoms with van der Waals surface area (Å²) < 4.78 is 3.85. The van der Waals surface area contributed by atoms with Gasteiger partial charge in [0.25, 0.3) is 0 Å². The molecule has 0 spiro atoms. The largest absolute Gasteiger partial charge is 0.308 e. The lowest BCUT2D eigenvalue weighted by Crippen LogP contribution is -2.22. The first-order valence-electron chi connectivity index (χ1n) is 6.23. The number of fused-ring (bicyclic) bond motifs is 1. The number of aromatic nitrogens is 5.